The Balaban J connectivity index is 2.62. The molecule has 0 spiro atoms. The Kier molecular flexibility index (Phi) is 6.75. The van der Waals surface area contributed by atoms with Gasteiger partial charge in [-0.15, -0.1) is 0 Å². The van der Waals surface area contributed by atoms with Crippen molar-refractivity contribution in [2.45, 2.75) is 19.8 Å². The van der Waals surface area contributed by atoms with E-state index in [2.05, 4.69) is 26.6 Å². The normalized spacial score (nSPS) is 10.2. The molecule has 1 aromatic rings. The number of carbonyl (C=O) groups is 1. The Morgan fingerprint density at radius 1 is 1.44 bits per heavy atom. The summed E-state index contributed by atoms with van der Waals surface area (Å²) in [6, 6.07) is 5.57. The highest BCUT2D eigenvalue weighted by molar-refractivity contribution is 9.10. The molecule has 0 aromatic heterocycles. The number of carbonyl (C=O) groups excluding carboxylic acids is 1. The molecule has 1 amide bonds. The molecule has 0 heterocycles. The Bertz CT molecular complexity index is 397. The van der Waals surface area contributed by atoms with Gasteiger partial charge in [-0.25, -0.2) is 0 Å². The van der Waals surface area contributed by atoms with Crippen molar-refractivity contribution in [1.29, 1.82) is 0 Å². The van der Waals surface area contributed by atoms with Gasteiger partial charge in [0.25, 0.3) is 0 Å². The fourth-order valence-electron chi connectivity index (χ4n) is 1.51. The van der Waals surface area contributed by atoms with Crippen LogP contribution in [0.2, 0.25) is 0 Å². The molecule has 2 N–H and O–H groups in total. The predicted octanol–water partition coefficient (Wildman–Crippen LogP) is 2.79. The standard InChI is InChI=1S/C13H19BrN2O2/c1-3-18-12-9-10(14)6-7-11(12)16-13(17)5-4-8-15-2/h6-7,9,15H,3-5,8H2,1-2H3,(H,16,17). The zero-order valence-electron chi connectivity index (χ0n) is 10.8. The minimum Gasteiger partial charge on any atom is -0.492 e. The maximum Gasteiger partial charge on any atom is 0.224 e. The van der Waals surface area contributed by atoms with Gasteiger partial charge in [0.15, 0.2) is 0 Å². The van der Waals surface area contributed by atoms with Gasteiger partial charge in [0.1, 0.15) is 5.75 Å². The molecule has 18 heavy (non-hydrogen) atoms. The molecule has 0 fully saturated rings. The summed E-state index contributed by atoms with van der Waals surface area (Å²) in [5, 5.41) is 5.88. The van der Waals surface area contributed by atoms with Crippen molar-refractivity contribution in [2.24, 2.45) is 0 Å². The van der Waals surface area contributed by atoms with Gasteiger partial charge in [-0.3, -0.25) is 4.79 Å². The number of hydrogen-bond donors (Lipinski definition) is 2. The Morgan fingerprint density at radius 2 is 2.22 bits per heavy atom. The van der Waals surface area contributed by atoms with Gasteiger partial charge in [0.05, 0.1) is 12.3 Å². The molecule has 0 aliphatic carbocycles. The largest absolute Gasteiger partial charge is 0.492 e. The second-order valence-electron chi connectivity index (χ2n) is 3.83. The monoisotopic (exact) mass is 314 g/mol. The summed E-state index contributed by atoms with van der Waals surface area (Å²) in [7, 11) is 1.87. The van der Waals surface area contributed by atoms with Crippen LogP contribution in [-0.2, 0) is 4.79 Å². The van der Waals surface area contributed by atoms with Crippen molar-refractivity contribution < 1.29 is 9.53 Å². The molecule has 0 aliphatic rings. The van der Waals surface area contributed by atoms with Crippen LogP contribution in [-0.4, -0.2) is 26.1 Å². The molecule has 1 rings (SSSR count). The van der Waals surface area contributed by atoms with E-state index in [9.17, 15) is 4.79 Å². The van der Waals surface area contributed by atoms with Crippen LogP contribution < -0.4 is 15.4 Å². The zero-order chi connectivity index (χ0) is 13.4. The summed E-state index contributed by atoms with van der Waals surface area (Å²) >= 11 is 3.38. The molecule has 1 aromatic carbocycles. The van der Waals surface area contributed by atoms with E-state index in [1.165, 1.54) is 0 Å². The molecular formula is C13H19BrN2O2. The van der Waals surface area contributed by atoms with Gasteiger partial charge in [0, 0.05) is 10.9 Å². The number of rotatable bonds is 7. The number of ether oxygens (including phenoxy) is 1. The topological polar surface area (TPSA) is 50.4 Å². The van der Waals surface area contributed by atoms with Gasteiger partial charge in [0.2, 0.25) is 5.91 Å². The summed E-state index contributed by atoms with van der Waals surface area (Å²) in [4.78, 5) is 11.7. The smallest absolute Gasteiger partial charge is 0.224 e. The lowest BCUT2D eigenvalue weighted by Gasteiger charge is -2.11. The van der Waals surface area contributed by atoms with E-state index in [1.54, 1.807) is 0 Å². The molecule has 0 atom stereocenters. The number of halogens is 1. The molecule has 100 valence electrons. The minimum absolute atomic E-state index is 0.00789. The second kappa shape index (κ2) is 8.11. The summed E-state index contributed by atoms with van der Waals surface area (Å²) in [6.07, 6.45) is 1.32. The number of anilines is 1. The predicted molar refractivity (Wildman–Crippen MR) is 77.1 cm³/mol. The number of hydrogen-bond acceptors (Lipinski definition) is 3. The Morgan fingerprint density at radius 3 is 2.89 bits per heavy atom. The van der Waals surface area contributed by atoms with Gasteiger partial charge in [-0.05, 0) is 45.1 Å². The summed E-state index contributed by atoms with van der Waals surface area (Å²) in [5.41, 5.74) is 0.717. The number of nitrogens with one attached hydrogen (secondary N) is 2. The minimum atomic E-state index is 0.00789. The third kappa shape index (κ3) is 5.06. The van der Waals surface area contributed by atoms with Crippen LogP contribution >= 0.6 is 15.9 Å². The second-order valence-corrected chi connectivity index (χ2v) is 4.74. The third-order valence-corrected chi connectivity index (χ3v) is 2.84. The van der Waals surface area contributed by atoms with Crippen LogP contribution in [0.25, 0.3) is 0 Å². The highest BCUT2D eigenvalue weighted by Crippen LogP contribution is 2.28. The van der Waals surface area contributed by atoms with Crippen molar-refractivity contribution in [3.63, 3.8) is 0 Å². The highest BCUT2D eigenvalue weighted by atomic mass is 79.9. The van der Waals surface area contributed by atoms with Gasteiger partial charge < -0.3 is 15.4 Å². The molecule has 0 saturated carbocycles. The maximum atomic E-state index is 11.7. The van der Waals surface area contributed by atoms with E-state index < -0.39 is 0 Å². The first kappa shape index (κ1) is 15.0. The lowest BCUT2D eigenvalue weighted by atomic mass is 10.2. The Hall–Kier alpha value is -1.07. The first-order valence-corrected chi connectivity index (χ1v) is 6.83. The van der Waals surface area contributed by atoms with Crippen molar-refractivity contribution in [3.8, 4) is 5.75 Å². The fourth-order valence-corrected chi connectivity index (χ4v) is 1.85. The third-order valence-electron chi connectivity index (χ3n) is 2.35. The summed E-state index contributed by atoms with van der Waals surface area (Å²) in [5.74, 6) is 0.697. The molecular weight excluding hydrogens is 296 g/mol. The van der Waals surface area contributed by atoms with Crippen molar-refractivity contribution >= 4 is 27.5 Å². The molecule has 0 aliphatic heterocycles. The molecule has 0 bridgehead atoms. The van der Waals surface area contributed by atoms with Gasteiger partial charge in [-0.2, -0.15) is 0 Å². The highest BCUT2D eigenvalue weighted by Gasteiger charge is 2.08. The van der Waals surface area contributed by atoms with Crippen LogP contribution in [0, 0.1) is 0 Å². The summed E-state index contributed by atoms with van der Waals surface area (Å²) < 4.78 is 6.42. The number of benzene rings is 1. The molecule has 5 heteroatoms. The zero-order valence-corrected chi connectivity index (χ0v) is 12.3. The summed E-state index contributed by atoms with van der Waals surface area (Å²) in [6.45, 7) is 3.32. The average Bonchev–Trinajstić information content (AvgIpc) is 2.33. The van der Waals surface area contributed by atoms with E-state index in [1.807, 2.05) is 32.2 Å². The fraction of sp³-hybridized carbons (Fsp3) is 0.462. The SMILES string of the molecule is CCOc1cc(Br)ccc1NC(=O)CCCNC. The lowest BCUT2D eigenvalue weighted by molar-refractivity contribution is -0.116. The van der Waals surface area contributed by atoms with E-state index >= 15 is 0 Å². The van der Waals surface area contributed by atoms with Crippen LogP contribution in [0.5, 0.6) is 5.75 Å². The van der Waals surface area contributed by atoms with E-state index in [0.717, 1.165) is 23.1 Å². The van der Waals surface area contributed by atoms with Gasteiger partial charge in [-0.1, -0.05) is 15.9 Å². The van der Waals surface area contributed by atoms with Crippen LogP contribution in [0.4, 0.5) is 5.69 Å². The number of amides is 1. The van der Waals surface area contributed by atoms with E-state index in [4.69, 9.17) is 4.74 Å². The van der Waals surface area contributed by atoms with E-state index in [-0.39, 0.29) is 5.91 Å². The van der Waals surface area contributed by atoms with Crippen molar-refractivity contribution in [2.75, 3.05) is 25.5 Å². The van der Waals surface area contributed by atoms with Gasteiger partial charge >= 0.3 is 0 Å². The first-order valence-electron chi connectivity index (χ1n) is 6.04. The molecule has 4 nitrogen and oxygen atoms in total. The average molecular weight is 315 g/mol. The van der Waals surface area contributed by atoms with Crippen molar-refractivity contribution in [1.82, 2.24) is 5.32 Å². The van der Waals surface area contributed by atoms with Crippen LogP contribution in [0.1, 0.15) is 19.8 Å². The van der Waals surface area contributed by atoms with Crippen LogP contribution in [0.15, 0.2) is 22.7 Å². The van der Waals surface area contributed by atoms with Crippen LogP contribution in [0.3, 0.4) is 0 Å². The van der Waals surface area contributed by atoms with Crippen molar-refractivity contribution in [3.05, 3.63) is 22.7 Å². The maximum absolute atomic E-state index is 11.7. The molecule has 0 unspecified atom stereocenters. The Labute approximate surface area is 116 Å². The first-order chi connectivity index (χ1) is 8.67. The quantitative estimate of drug-likeness (QED) is 0.761. The van der Waals surface area contributed by atoms with E-state index in [0.29, 0.717) is 18.8 Å². The molecule has 0 saturated heterocycles. The lowest BCUT2D eigenvalue weighted by Crippen LogP contribution is -2.15. The molecule has 0 radical (unpaired) electrons.